The van der Waals surface area contributed by atoms with Gasteiger partial charge in [-0.15, -0.1) is 22.7 Å². The topological polar surface area (TPSA) is 34.4 Å². The Bertz CT molecular complexity index is 978. The van der Waals surface area contributed by atoms with E-state index in [4.69, 9.17) is 0 Å². The van der Waals surface area contributed by atoms with Gasteiger partial charge in [0.2, 0.25) is 0 Å². The Hall–Kier alpha value is -1.98. The number of aryl methyl sites for hydroxylation is 3. The molecule has 136 valence electrons. The highest BCUT2D eigenvalue weighted by molar-refractivity contribution is 7.12. The largest absolute Gasteiger partial charge is 0.316 e. The number of thiazole rings is 1. The molecule has 0 saturated carbocycles. The van der Waals surface area contributed by atoms with Crippen LogP contribution in [0.5, 0.6) is 0 Å². The predicted molar refractivity (Wildman–Crippen MR) is 111 cm³/mol. The van der Waals surface area contributed by atoms with Crippen molar-refractivity contribution in [2.75, 3.05) is 0 Å². The normalized spacial score (nSPS) is 11.9. The zero-order valence-electron chi connectivity index (χ0n) is 15.7. The molecule has 2 heterocycles. The monoisotopic (exact) mass is 384 g/mol. The zero-order valence-corrected chi connectivity index (χ0v) is 17.3. The predicted octanol–water partition coefficient (Wildman–Crippen LogP) is 5.61. The van der Waals surface area contributed by atoms with Gasteiger partial charge in [0.15, 0.2) is 4.80 Å². The van der Waals surface area contributed by atoms with Gasteiger partial charge in [0, 0.05) is 11.4 Å². The van der Waals surface area contributed by atoms with E-state index in [1.807, 2.05) is 17.5 Å². The van der Waals surface area contributed by atoms with Crippen molar-refractivity contribution in [3.05, 3.63) is 61.4 Å². The van der Waals surface area contributed by atoms with Crippen molar-refractivity contribution in [1.29, 1.82) is 0 Å². The van der Waals surface area contributed by atoms with Crippen LogP contribution in [0.1, 0.15) is 45.9 Å². The number of aromatic nitrogens is 1. The zero-order chi connectivity index (χ0) is 18.7. The van der Waals surface area contributed by atoms with Crippen molar-refractivity contribution in [3.63, 3.8) is 0 Å². The van der Waals surface area contributed by atoms with Gasteiger partial charge < -0.3 is 4.57 Å². The lowest BCUT2D eigenvalue weighted by atomic mass is 10.0. The number of hydrogen-bond acceptors (Lipinski definition) is 3. The highest BCUT2D eigenvalue weighted by Gasteiger charge is 2.16. The summed E-state index contributed by atoms with van der Waals surface area (Å²) < 4.78 is 2.19. The van der Waals surface area contributed by atoms with Crippen molar-refractivity contribution in [2.24, 2.45) is 4.99 Å². The van der Waals surface area contributed by atoms with E-state index in [-0.39, 0.29) is 5.91 Å². The standard InChI is InChI=1S/C21H24N2OS2/c1-5-8-17-19(16-11-10-14(3)15(4)13-16)23(6-2)21(26-17)22-20(24)18-9-7-12-25-18/h7,9-13H,5-6,8H2,1-4H3. The van der Waals surface area contributed by atoms with Crippen molar-refractivity contribution in [2.45, 2.75) is 47.1 Å². The molecule has 1 amide bonds. The number of carbonyl (C=O) groups is 1. The SMILES string of the molecule is CCCc1sc(=NC(=O)c2cccs2)n(CC)c1-c1ccc(C)c(C)c1. The molecule has 0 unspecified atom stereocenters. The average Bonchev–Trinajstić information content (AvgIpc) is 3.26. The lowest BCUT2D eigenvalue weighted by molar-refractivity contribution is 0.100. The third-order valence-corrected chi connectivity index (χ3v) is 6.48. The van der Waals surface area contributed by atoms with Gasteiger partial charge in [0.1, 0.15) is 0 Å². The minimum absolute atomic E-state index is 0.155. The number of hydrogen-bond donors (Lipinski definition) is 0. The Morgan fingerprint density at radius 1 is 1.15 bits per heavy atom. The quantitative estimate of drug-likeness (QED) is 0.563. The van der Waals surface area contributed by atoms with Crippen molar-refractivity contribution >= 4 is 28.6 Å². The van der Waals surface area contributed by atoms with Gasteiger partial charge in [-0.1, -0.05) is 31.5 Å². The molecule has 0 N–H and O–H groups in total. The highest BCUT2D eigenvalue weighted by Crippen LogP contribution is 2.29. The van der Waals surface area contributed by atoms with Crippen LogP contribution in [0, 0.1) is 13.8 Å². The molecule has 2 aromatic heterocycles. The van der Waals surface area contributed by atoms with Gasteiger partial charge in [0.05, 0.1) is 10.6 Å². The number of nitrogens with zero attached hydrogens (tertiary/aromatic N) is 2. The molecule has 0 saturated heterocycles. The fraction of sp³-hybridized carbons (Fsp3) is 0.333. The Balaban J connectivity index is 2.18. The van der Waals surface area contributed by atoms with Crippen LogP contribution in [0.25, 0.3) is 11.3 Å². The number of benzene rings is 1. The lowest BCUT2D eigenvalue weighted by Crippen LogP contribution is -2.17. The van der Waals surface area contributed by atoms with Crippen LogP contribution in [0.15, 0.2) is 40.7 Å². The Morgan fingerprint density at radius 3 is 2.58 bits per heavy atom. The van der Waals surface area contributed by atoms with Gasteiger partial charge >= 0.3 is 0 Å². The van der Waals surface area contributed by atoms with Crippen LogP contribution in [0.3, 0.4) is 0 Å². The molecule has 0 aliphatic heterocycles. The van der Waals surface area contributed by atoms with Gasteiger partial charge in [-0.2, -0.15) is 4.99 Å². The van der Waals surface area contributed by atoms with Gasteiger partial charge in [-0.3, -0.25) is 4.79 Å². The minimum atomic E-state index is -0.155. The third kappa shape index (κ3) is 3.74. The van der Waals surface area contributed by atoms with Crippen molar-refractivity contribution < 1.29 is 4.79 Å². The summed E-state index contributed by atoms with van der Waals surface area (Å²) in [4.78, 5) is 19.7. The molecule has 0 spiro atoms. The van der Waals surface area contributed by atoms with Crippen LogP contribution in [0.2, 0.25) is 0 Å². The third-order valence-electron chi connectivity index (χ3n) is 4.48. The number of carbonyl (C=O) groups excluding carboxylic acids is 1. The molecule has 26 heavy (non-hydrogen) atoms. The second kappa shape index (κ2) is 8.14. The average molecular weight is 385 g/mol. The maximum absolute atomic E-state index is 12.5. The molecule has 0 aliphatic carbocycles. The molecule has 0 radical (unpaired) electrons. The van der Waals surface area contributed by atoms with Crippen molar-refractivity contribution in [1.82, 2.24) is 4.57 Å². The summed E-state index contributed by atoms with van der Waals surface area (Å²) in [5, 5.41) is 1.91. The maximum Gasteiger partial charge on any atom is 0.289 e. The van der Waals surface area contributed by atoms with Crippen LogP contribution >= 0.6 is 22.7 Å². The Morgan fingerprint density at radius 2 is 1.96 bits per heavy atom. The van der Waals surface area contributed by atoms with E-state index >= 15 is 0 Å². The maximum atomic E-state index is 12.5. The molecular formula is C21H24N2OS2. The van der Waals surface area contributed by atoms with Gasteiger partial charge in [-0.25, -0.2) is 0 Å². The van der Waals surface area contributed by atoms with E-state index in [9.17, 15) is 4.79 Å². The van der Waals surface area contributed by atoms with E-state index in [1.54, 1.807) is 11.3 Å². The summed E-state index contributed by atoms with van der Waals surface area (Å²) in [6, 6.07) is 10.3. The van der Waals surface area contributed by atoms with E-state index in [0.717, 1.165) is 24.2 Å². The summed E-state index contributed by atoms with van der Waals surface area (Å²) in [6.45, 7) is 9.37. The molecule has 0 fully saturated rings. The number of amides is 1. The van der Waals surface area contributed by atoms with Crippen LogP contribution in [-0.4, -0.2) is 10.5 Å². The first-order chi connectivity index (χ1) is 12.5. The molecule has 1 aromatic carbocycles. The van der Waals surface area contributed by atoms with Crippen LogP contribution in [0.4, 0.5) is 0 Å². The second-order valence-electron chi connectivity index (χ2n) is 6.34. The summed E-state index contributed by atoms with van der Waals surface area (Å²) in [5.74, 6) is -0.155. The lowest BCUT2D eigenvalue weighted by Gasteiger charge is -2.11. The molecule has 3 rings (SSSR count). The van der Waals surface area contributed by atoms with Gasteiger partial charge in [-0.05, 0) is 61.4 Å². The summed E-state index contributed by atoms with van der Waals surface area (Å²) in [6.07, 6.45) is 2.07. The van der Waals surface area contributed by atoms with E-state index in [1.165, 1.54) is 38.6 Å². The molecule has 0 atom stereocenters. The second-order valence-corrected chi connectivity index (χ2v) is 8.35. The molecule has 3 nitrogen and oxygen atoms in total. The Kier molecular flexibility index (Phi) is 5.89. The first kappa shape index (κ1) is 18.8. The minimum Gasteiger partial charge on any atom is -0.316 e. The summed E-state index contributed by atoms with van der Waals surface area (Å²) in [5.41, 5.74) is 4.99. The molecule has 0 bridgehead atoms. The molecule has 0 aliphatic rings. The molecule has 5 heteroatoms. The molecular weight excluding hydrogens is 360 g/mol. The number of rotatable bonds is 5. The summed E-state index contributed by atoms with van der Waals surface area (Å²) >= 11 is 3.08. The van der Waals surface area contributed by atoms with E-state index in [0.29, 0.717) is 4.88 Å². The van der Waals surface area contributed by atoms with E-state index in [2.05, 4.69) is 55.5 Å². The van der Waals surface area contributed by atoms with Crippen LogP contribution in [-0.2, 0) is 13.0 Å². The highest BCUT2D eigenvalue weighted by atomic mass is 32.1. The number of thiophene rings is 1. The van der Waals surface area contributed by atoms with Gasteiger partial charge in [0.25, 0.3) is 5.91 Å². The summed E-state index contributed by atoms with van der Waals surface area (Å²) in [7, 11) is 0. The molecule has 3 aromatic rings. The first-order valence-corrected chi connectivity index (χ1v) is 10.7. The smallest absolute Gasteiger partial charge is 0.289 e. The fourth-order valence-electron chi connectivity index (χ4n) is 2.98. The fourth-order valence-corrected chi connectivity index (χ4v) is 4.90. The Labute approximate surface area is 162 Å². The van der Waals surface area contributed by atoms with Crippen molar-refractivity contribution in [3.8, 4) is 11.3 Å². The first-order valence-electron chi connectivity index (χ1n) is 8.97. The van der Waals surface area contributed by atoms with Crippen LogP contribution < -0.4 is 4.80 Å². The van der Waals surface area contributed by atoms with E-state index < -0.39 is 0 Å².